The van der Waals surface area contributed by atoms with Gasteiger partial charge in [-0.1, -0.05) is 42.8 Å². The van der Waals surface area contributed by atoms with Crippen molar-refractivity contribution in [2.75, 3.05) is 13.6 Å². The first-order valence-corrected chi connectivity index (χ1v) is 12.6. The summed E-state index contributed by atoms with van der Waals surface area (Å²) in [5, 5.41) is 3.32. The molecule has 0 aliphatic heterocycles. The minimum atomic E-state index is -3.91. The van der Waals surface area contributed by atoms with E-state index in [0.717, 1.165) is 21.9 Å². The molecule has 9 heteroatoms. The fraction of sp³-hybridized carbons (Fsp3) is 0.417. The molecule has 2 unspecified atom stereocenters. The minimum absolute atomic E-state index is 0.0372. The number of likely N-dealkylation sites (N-methyl/N-ethyl adjacent to an activating group) is 1. The Bertz CT molecular complexity index is 1070. The maximum Gasteiger partial charge on any atom is 0.243 e. The average Bonchev–Trinajstić information content (AvgIpc) is 2.78. The molecule has 2 aromatic carbocycles. The summed E-state index contributed by atoms with van der Waals surface area (Å²) < 4.78 is 26.9. The SMILES string of the molecule is CCC(C)NC(=O)C(C)N(Cc1ccccc1C)C(=O)CN(C)S(=O)(=O)c1ccc(Cl)cc1. The predicted octanol–water partition coefficient (Wildman–Crippen LogP) is 3.60. The molecule has 0 saturated carbocycles. The van der Waals surface area contributed by atoms with Crippen LogP contribution in [-0.2, 0) is 26.2 Å². The number of carbonyl (C=O) groups is 2. The highest BCUT2D eigenvalue weighted by atomic mass is 35.5. The van der Waals surface area contributed by atoms with E-state index in [1.807, 2.05) is 45.0 Å². The van der Waals surface area contributed by atoms with E-state index in [4.69, 9.17) is 11.6 Å². The van der Waals surface area contributed by atoms with E-state index < -0.39 is 28.5 Å². The molecule has 1 N–H and O–H groups in total. The number of aryl methyl sites for hydroxylation is 1. The van der Waals surface area contributed by atoms with Gasteiger partial charge in [0, 0.05) is 24.7 Å². The summed E-state index contributed by atoms with van der Waals surface area (Å²) in [4.78, 5) is 27.6. The summed E-state index contributed by atoms with van der Waals surface area (Å²) in [6.07, 6.45) is 0.756. The van der Waals surface area contributed by atoms with Gasteiger partial charge in [0.2, 0.25) is 21.8 Å². The van der Waals surface area contributed by atoms with Crippen LogP contribution in [0.5, 0.6) is 0 Å². The zero-order valence-electron chi connectivity index (χ0n) is 19.7. The molecular weight excluding hydrogens is 462 g/mol. The normalized spacial score (nSPS) is 13.4. The number of nitrogens with one attached hydrogen (secondary N) is 1. The molecular formula is C24H32ClN3O4S. The van der Waals surface area contributed by atoms with E-state index in [9.17, 15) is 18.0 Å². The average molecular weight is 494 g/mol. The maximum atomic E-state index is 13.3. The van der Waals surface area contributed by atoms with Crippen LogP contribution in [0.25, 0.3) is 0 Å². The number of hydrogen-bond donors (Lipinski definition) is 1. The standard InChI is InChI=1S/C24H32ClN3O4S/c1-6-18(3)26-24(30)19(4)28(15-20-10-8-7-9-17(20)2)23(29)16-27(5)33(31,32)22-13-11-21(25)12-14-22/h7-14,18-19H,6,15-16H2,1-5H3,(H,26,30). The van der Waals surface area contributed by atoms with Gasteiger partial charge in [-0.15, -0.1) is 0 Å². The van der Waals surface area contributed by atoms with Crippen LogP contribution in [0.2, 0.25) is 5.02 Å². The highest BCUT2D eigenvalue weighted by Crippen LogP contribution is 2.19. The van der Waals surface area contributed by atoms with Crippen LogP contribution in [-0.4, -0.2) is 55.1 Å². The lowest BCUT2D eigenvalue weighted by Crippen LogP contribution is -2.52. The van der Waals surface area contributed by atoms with E-state index in [2.05, 4.69) is 5.32 Å². The molecule has 0 saturated heterocycles. The van der Waals surface area contributed by atoms with Crippen LogP contribution in [0.3, 0.4) is 0 Å². The molecule has 7 nitrogen and oxygen atoms in total. The number of benzene rings is 2. The Morgan fingerprint density at radius 2 is 1.67 bits per heavy atom. The van der Waals surface area contributed by atoms with Crippen molar-refractivity contribution in [3.8, 4) is 0 Å². The summed E-state index contributed by atoms with van der Waals surface area (Å²) in [5.41, 5.74) is 1.87. The van der Waals surface area contributed by atoms with Crippen LogP contribution in [0, 0.1) is 6.92 Å². The van der Waals surface area contributed by atoms with Gasteiger partial charge in [0.25, 0.3) is 0 Å². The molecule has 2 aromatic rings. The Labute approximate surface area is 201 Å². The van der Waals surface area contributed by atoms with Gasteiger partial charge in [-0.05, 0) is 62.6 Å². The first kappa shape index (κ1) is 26.8. The number of amides is 2. The van der Waals surface area contributed by atoms with Crippen molar-refractivity contribution in [1.82, 2.24) is 14.5 Å². The van der Waals surface area contributed by atoms with Gasteiger partial charge in [-0.2, -0.15) is 4.31 Å². The van der Waals surface area contributed by atoms with Gasteiger partial charge in [0.1, 0.15) is 6.04 Å². The van der Waals surface area contributed by atoms with Crippen LogP contribution in [0.1, 0.15) is 38.3 Å². The van der Waals surface area contributed by atoms with Gasteiger partial charge in [-0.3, -0.25) is 9.59 Å². The Kier molecular flexibility index (Phi) is 9.46. The molecule has 33 heavy (non-hydrogen) atoms. The second-order valence-electron chi connectivity index (χ2n) is 8.16. The van der Waals surface area contributed by atoms with E-state index in [1.165, 1.54) is 36.2 Å². The molecule has 0 bridgehead atoms. The van der Waals surface area contributed by atoms with Gasteiger partial charge < -0.3 is 10.2 Å². The van der Waals surface area contributed by atoms with Gasteiger partial charge in [0.15, 0.2) is 0 Å². The smallest absolute Gasteiger partial charge is 0.243 e. The largest absolute Gasteiger partial charge is 0.352 e. The van der Waals surface area contributed by atoms with E-state index in [0.29, 0.717) is 5.02 Å². The molecule has 2 rings (SSSR count). The van der Waals surface area contributed by atoms with Crippen LogP contribution >= 0.6 is 11.6 Å². The summed E-state index contributed by atoms with van der Waals surface area (Å²) in [5.74, 6) is -0.750. The molecule has 2 amide bonds. The summed E-state index contributed by atoms with van der Waals surface area (Å²) in [6.45, 7) is 7.22. The summed E-state index contributed by atoms with van der Waals surface area (Å²) in [7, 11) is -2.56. The lowest BCUT2D eigenvalue weighted by atomic mass is 10.1. The van der Waals surface area contributed by atoms with Crippen molar-refractivity contribution < 1.29 is 18.0 Å². The highest BCUT2D eigenvalue weighted by Gasteiger charge is 2.30. The fourth-order valence-corrected chi connectivity index (χ4v) is 4.42. The fourth-order valence-electron chi connectivity index (χ4n) is 3.17. The third kappa shape index (κ3) is 7.03. The molecule has 0 fully saturated rings. The summed E-state index contributed by atoms with van der Waals surface area (Å²) >= 11 is 5.86. The van der Waals surface area contributed by atoms with Crippen molar-refractivity contribution in [1.29, 1.82) is 0 Å². The molecule has 0 aromatic heterocycles. The number of halogens is 1. The van der Waals surface area contributed by atoms with Crippen molar-refractivity contribution >= 4 is 33.4 Å². The summed E-state index contributed by atoms with van der Waals surface area (Å²) in [6, 6.07) is 12.5. The second-order valence-corrected chi connectivity index (χ2v) is 10.6. The molecule has 0 heterocycles. The third-order valence-electron chi connectivity index (χ3n) is 5.65. The first-order chi connectivity index (χ1) is 15.5. The van der Waals surface area contributed by atoms with Gasteiger partial charge in [-0.25, -0.2) is 8.42 Å². The first-order valence-electron chi connectivity index (χ1n) is 10.8. The second kappa shape index (κ2) is 11.6. The van der Waals surface area contributed by atoms with Gasteiger partial charge in [0.05, 0.1) is 11.4 Å². The number of sulfonamides is 1. The Morgan fingerprint density at radius 3 is 2.24 bits per heavy atom. The number of nitrogens with zero attached hydrogens (tertiary/aromatic N) is 2. The number of hydrogen-bond acceptors (Lipinski definition) is 4. The van der Waals surface area contributed by atoms with Crippen molar-refractivity contribution in [3.05, 3.63) is 64.7 Å². The number of carbonyl (C=O) groups excluding carboxylic acids is 2. The quantitative estimate of drug-likeness (QED) is 0.547. The van der Waals surface area contributed by atoms with Crippen molar-refractivity contribution in [2.45, 2.75) is 57.6 Å². The third-order valence-corrected chi connectivity index (χ3v) is 7.72. The minimum Gasteiger partial charge on any atom is -0.352 e. The van der Waals surface area contributed by atoms with Crippen LogP contribution in [0.4, 0.5) is 0 Å². The molecule has 0 radical (unpaired) electrons. The zero-order valence-corrected chi connectivity index (χ0v) is 21.3. The van der Waals surface area contributed by atoms with E-state index in [-0.39, 0.29) is 23.4 Å². The number of rotatable bonds is 10. The van der Waals surface area contributed by atoms with Crippen molar-refractivity contribution in [3.63, 3.8) is 0 Å². The lowest BCUT2D eigenvalue weighted by Gasteiger charge is -2.31. The van der Waals surface area contributed by atoms with Crippen LogP contribution < -0.4 is 5.32 Å². The lowest BCUT2D eigenvalue weighted by molar-refractivity contribution is -0.140. The van der Waals surface area contributed by atoms with E-state index in [1.54, 1.807) is 6.92 Å². The van der Waals surface area contributed by atoms with E-state index >= 15 is 0 Å². The highest BCUT2D eigenvalue weighted by molar-refractivity contribution is 7.89. The Morgan fingerprint density at radius 1 is 1.06 bits per heavy atom. The Hall–Kier alpha value is -2.42. The molecule has 180 valence electrons. The zero-order chi connectivity index (χ0) is 24.8. The Balaban J connectivity index is 2.29. The maximum absolute atomic E-state index is 13.3. The molecule has 0 aliphatic carbocycles. The monoisotopic (exact) mass is 493 g/mol. The topological polar surface area (TPSA) is 86.8 Å². The van der Waals surface area contributed by atoms with Crippen molar-refractivity contribution in [2.24, 2.45) is 0 Å². The molecule has 0 aliphatic rings. The predicted molar refractivity (Wildman–Crippen MR) is 130 cm³/mol. The van der Waals surface area contributed by atoms with Crippen LogP contribution in [0.15, 0.2) is 53.4 Å². The molecule has 0 spiro atoms. The van der Waals surface area contributed by atoms with Gasteiger partial charge >= 0.3 is 0 Å². The molecule has 2 atom stereocenters.